The summed E-state index contributed by atoms with van der Waals surface area (Å²) in [5, 5.41) is 3.37. The van der Waals surface area contributed by atoms with Gasteiger partial charge in [-0.1, -0.05) is 37.6 Å². The monoisotopic (exact) mass is 308 g/mol. The van der Waals surface area contributed by atoms with E-state index in [9.17, 15) is 4.39 Å². The van der Waals surface area contributed by atoms with Crippen LogP contribution in [0, 0.1) is 5.82 Å². The van der Waals surface area contributed by atoms with E-state index < -0.39 is 5.82 Å². The molecule has 112 valence electrons. The number of nitrogens with one attached hydrogen (secondary N) is 1. The van der Waals surface area contributed by atoms with E-state index in [0.29, 0.717) is 6.04 Å². The maximum absolute atomic E-state index is 13.7. The Bertz CT molecular complexity index is 587. The van der Waals surface area contributed by atoms with Gasteiger partial charge in [0, 0.05) is 18.8 Å². The summed E-state index contributed by atoms with van der Waals surface area (Å²) in [5.74, 6) is -0.410. The Hall–Kier alpha value is -1.65. The maximum atomic E-state index is 13.7. The lowest BCUT2D eigenvalue weighted by atomic mass is 10.2. The summed E-state index contributed by atoms with van der Waals surface area (Å²) in [6.07, 6.45) is 1.79. The second kappa shape index (κ2) is 7.38. The maximum Gasteiger partial charge on any atom is 0.183 e. The number of hydrogen-bond donors (Lipinski definition) is 1. The highest BCUT2D eigenvalue weighted by molar-refractivity contribution is 6.30. The Morgan fingerprint density at radius 2 is 2.10 bits per heavy atom. The fourth-order valence-corrected chi connectivity index (χ4v) is 1.88. The van der Waals surface area contributed by atoms with Crippen molar-refractivity contribution in [3.05, 3.63) is 58.6 Å². The number of rotatable bonds is 6. The second-order valence-corrected chi connectivity index (χ2v) is 5.44. The number of benzene rings is 1. The molecule has 0 amide bonds. The van der Waals surface area contributed by atoms with Crippen LogP contribution in [0.1, 0.15) is 25.1 Å². The van der Waals surface area contributed by atoms with Crippen molar-refractivity contribution < 1.29 is 9.13 Å². The van der Waals surface area contributed by atoms with Gasteiger partial charge in [0.1, 0.15) is 6.61 Å². The van der Waals surface area contributed by atoms with E-state index in [4.69, 9.17) is 16.3 Å². The number of halogens is 2. The zero-order valence-corrected chi connectivity index (χ0v) is 12.8. The van der Waals surface area contributed by atoms with Gasteiger partial charge in [0.15, 0.2) is 11.6 Å². The van der Waals surface area contributed by atoms with Gasteiger partial charge in [-0.2, -0.15) is 0 Å². The SMILES string of the molecule is CC(C)NCc1ccc(COc2cccc(Cl)c2F)nc1. The van der Waals surface area contributed by atoms with E-state index in [1.807, 2.05) is 12.1 Å². The molecule has 0 unspecified atom stereocenters. The number of hydrogen-bond acceptors (Lipinski definition) is 3. The first kappa shape index (κ1) is 15.7. The minimum absolute atomic E-state index is 0.0515. The summed E-state index contributed by atoms with van der Waals surface area (Å²) >= 11 is 5.70. The van der Waals surface area contributed by atoms with Crippen LogP contribution in [0.15, 0.2) is 36.5 Å². The zero-order chi connectivity index (χ0) is 15.2. The molecule has 1 heterocycles. The van der Waals surface area contributed by atoms with E-state index in [1.165, 1.54) is 6.07 Å². The van der Waals surface area contributed by atoms with Crippen LogP contribution in [0.3, 0.4) is 0 Å². The molecule has 0 atom stereocenters. The molecule has 0 fully saturated rings. The Kier molecular flexibility index (Phi) is 5.53. The molecule has 0 radical (unpaired) electrons. The van der Waals surface area contributed by atoms with Gasteiger partial charge in [0.2, 0.25) is 0 Å². The molecule has 21 heavy (non-hydrogen) atoms. The third-order valence-corrected chi connectivity index (χ3v) is 3.18. The predicted octanol–water partition coefficient (Wildman–Crippen LogP) is 3.95. The molecule has 0 spiro atoms. The fraction of sp³-hybridized carbons (Fsp3) is 0.312. The number of aromatic nitrogens is 1. The average Bonchev–Trinajstić information content (AvgIpc) is 2.48. The summed E-state index contributed by atoms with van der Waals surface area (Å²) in [4.78, 5) is 4.30. The molecule has 0 saturated heterocycles. The van der Waals surface area contributed by atoms with Crippen molar-refractivity contribution in [2.24, 2.45) is 0 Å². The molecular weight excluding hydrogens is 291 g/mol. The molecule has 0 bridgehead atoms. The third kappa shape index (κ3) is 4.69. The van der Waals surface area contributed by atoms with E-state index in [1.54, 1.807) is 18.3 Å². The third-order valence-electron chi connectivity index (χ3n) is 2.89. The quantitative estimate of drug-likeness (QED) is 0.877. The Morgan fingerprint density at radius 1 is 1.29 bits per heavy atom. The first-order chi connectivity index (χ1) is 10.1. The highest BCUT2D eigenvalue weighted by Crippen LogP contribution is 2.24. The van der Waals surface area contributed by atoms with Gasteiger partial charge >= 0.3 is 0 Å². The van der Waals surface area contributed by atoms with Gasteiger partial charge in [-0.15, -0.1) is 0 Å². The van der Waals surface area contributed by atoms with Crippen LogP contribution in [-0.4, -0.2) is 11.0 Å². The van der Waals surface area contributed by atoms with Crippen LogP contribution in [0.25, 0.3) is 0 Å². The van der Waals surface area contributed by atoms with Crippen molar-refractivity contribution in [3.8, 4) is 5.75 Å². The van der Waals surface area contributed by atoms with Crippen molar-refractivity contribution in [1.29, 1.82) is 0 Å². The molecule has 5 heteroatoms. The van der Waals surface area contributed by atoms with E-state index in [0.717, 1.165) is 17.8 Å². The molecule has 1 aromatic carbocycles. The second-order valence-electron chi connectivity index (χ2n) is 5.03. The normalized spacial score (nSPS) is 10.9. The minimum Gasteiger partial charge on any atom is -0.484 e. The van der Waals surface area contributed by atoms with Crippen LogP contribution in [0.2, 0.25) is 5.02 Å². The van der Waals surface area contributed by atoms with Gasteiger partial charge in [-0.3, -0.25) is 4.98 Å². The summed E-state index contributed by atoms with van der Waals surface area (Å²) < 4.78 is 19.1. The van der Waals surface area contributed by atoms with E-state index in [2.05, 4.69) is 24.1 Å². The van der Waals surface area contributed by atoms with Crippen LogP contribution < -0.4 is 10.1 Å². The van der Waals surface area contributed by atoms with Crippen molar-refractivity contribution in [3.63, 3.8) is 0 Å². The molecule has 3 nitrogen and oxygen atoms in total. The Morgan fingerprint density at radius 3 is 2.76 bits per heavy atom. The lowest BCUT2D eigenvalue weighted by molar-refractivity contribution is 0.286. The van der Waals surface area contributed by atoms with E-state index in [-0.39, 0.29) is 17.4 Å². The van der Waals surface area contributed by atoms with Crippen molar-refractivity contribution in [1.82, 2.24) is 10.3 Å². The highest BCUT2D eigenvalue weighted by atomic mass is 35.5. The molecule has 0 saturated carbocycles. The standard InChI is InChI=1S/C16H18ClFN2O/c1-11(2)19-8-12-6-7-13(20-9-12)10-21-15-5-3-4-14(17)16(15)18/h3-7,9,11,19H,8,10H2,1-2H3. The van der Waals surface area contributed by atoms with Crippen molar-refractivity contribution in [2.45, 2.75) is 33.0 Å². The number of nitrogens with zero attached hydrogens (tertiary/aromatic N) is 1. The van der Waals surface area contributed by atoms with Gasteiger partial charge in [0.25, 0.3) is 0 Å². The predicted molar refractivity (Wildman–Crippen MR) is 82.0 cm³/mol. The summed E-state index contributed by atoms with van der Waals surface area (Å²) in [6, 6.07) is 8.96. The van der Waals surface area contributed by atoms with Gasteiger partial charge in [-0.25, -0.2) is 4.39 Å². The Labute approximate surface area is 129 Å². The lowest BCUT2D eigenvalue weighted by Gasteiger charge is -2.09. The first-order valence-electron chi connectivity index (χ1n) is 6.80. The Balaban J connectivity index is 1.93. The number of pyridine rings is 1. The molecule has 1 N–H and O–H groups in total. The van der Waals surface area contributed by atoms with Crippen LogP contribution >= 0.6 is 11.6 Å². The molecule has 0 aliphatic rings. The molecule has 0 aliphatic carbocycles. The molecule has 2 rings (SSSR count). The van der Waals surface area contributed by atoms with Crippen LogP contribution in [0.4, 0.5) is 4.39 Å². The van der Waals surface area contributed by atoms with Crippen LogP contribution in [-0.2, 0) is 13.2 Å². The van der Waals surface area contributed by atoms with Gasteiger partial charge in [0.05, 0.1) is 10.7 Å². The lowest BCUT2D eigenvalue weighted by Crippen LogP contribution is -2.21. The molecule has 1 aromatic heterocycles. The first-order valence-corrected chi connectivity index (χ1v) is 7.18. The molecule has 2 aromatic rings. The summed E-state index contributed by atoms with van der Waals surface area (Å²) in [5.41, 5.74) is 1.84. The average molecular weight is 309 g/mol. The fourth-order valence-electron chi connectivity index (χ4n) is 1.71. The van der Waals surface area contributed by atoms with Gasteiger partial charge in [-0.05, 0) is 23.8 Å². The summed E-state index contributed by atoms with van der Waals surface area (Å²) in [7, 11) is 0. The smallest absolute Gasteiger partial charge is 0.183 e. The van der Waals surface area contributed by atoms with Crippen molar-refractivity contribution in [2.75, 3.05) is 0 Å². The largest absolute Gasteiger partial charge is 0.484 e. The molecule has 0 aliphatic heterocycles. The highest BCUT2D eigenvalue weighted by Gasteiger charge is 2.07. The number of ether oxygens (including phenoxy) is 1. The van der Waals surface area contributed by atoms with E-state index >= 15 is 0 Å². The summed E-state index contributed by atoms with van der Waals surface area (Å²) in [6.45, 7) is 5.16. The van der Waals surface area contributed by atoms with Crippen LogP contribution in [0.5, 0.6) is 5.75 Å². The minimum atomic E-state index is -0.545. The molecular formula is C16H18ClFN2O. The van der Waals surface area contributed by atoms with Crippen molar-refractivity contribution >= 4 is 11.6 Å². The van der Waals surface area contributed by atoms with Gasteiger partial charge < -0.3 is 10.1 Å². The zero-order valence-electron chi connectivity index (χ0n) is 12.1. The topological polar surface area (TPSA) is 34.1 Å².